The van der Waals surface area contributed by atoms with Gasteiger partial charge in [0.05, 0.1) is 0 Å². The van der Waals surface area contributed by atoms with Gasteiger partial charge in [0.25, 0.3) is 0 Å². The van der Waals surface area contributed by atoms with Gasteiger partial charge < -0.3 is 0 Å². The van der Waals surface area contributed by atoms with Crippen molar-refractivity contribution < 1.29 is 26.2 Å². The molecule has 0 saturated heterocycles. The Kier molecular flexibility index (Phi) is 15.7. The van der Waals surface area contributed by atoms with Gasteiger partial charge in [-0.25, -0.2) is 23.4 Å². The molecule has 4 heteroatoms. The zero-order valence-electron chi connectivity index (χ0n) is 10.6. The smallest absolute Gasteiger partial charge is 0.274 e. The molecule has 2 aliphatic rings. The molecule has 0 amide bonds. The van der Waals surface area contributed by atoms with Crippen molar-refractivity contribution in [2.75, 3.05) is 0 Å². The Morgan fingerprint density at radius 2 is 1.71 bits per heavy atom. The number of allylic oxidation sites excluding steroid dienone is 8. The minimum atomic E-state index is -1.01. The Bertz CT molecular complexity index is 289. The van der Waals surface area contributed by atoms with E-state index in [1.165, 1.54) is 5.20 Å². The van der Waals surface area contributed by atoms with Crippen LogP contribution in [-0.2, 0) is 26.2 Å². The molecule has 0 atom stereocenters. The molecule has 94 valence electrons. The van der Waals surface area contributed by atoms with Gasteiger partial charge in [-0.1, -0.05) is 19.6 Å². The van der Waals surface area contributed by atoms with Crippen molar-refractivity contribution in [1.29, 1.82) is 0 Å². The minimum Gasteiger partial charge on any atom is -0.274 e. The molecule has 0 N–H and O–H groups in total. The quantitative estimate of drug-likeness (QED) is 0.466. The summed E-state index contributed by atoms with van der Waals surface area (Å²) in [5, 5.41) is 1.49. The van der Waals surface area contributed by atoms with E-state index >= 15 is 0 Å². The summed E-state index contributed by atoms with van der Waals surface area (Å²) in [5.41, 5.74) is 0. The summed E-state index contributed by atoms with van der Waals surface area (Å²) in [7, 11) is -1.01. The fourth-order valence-corrected chi connectivity index (χ4v) is 2.51. The van der Waals surface area contributed by atoms with Gasteiger partial charge in [0.1, 0.15) is 0 Å². The molecular weight excluding hydrogens is 346 g/mol. The number of hydrogen-bond acceptors (Lipinski definition) is 0. The number of hydrogen-bond donors (Lipinski definition) is 0. The fraction of sp³-hybridized carbons (Fsp3) is 0.385. The summed E-state index contributed by atoms with van der Waals surface area (Å²) in [6.45, 7) is 7.06. The van der Waals surface area contributed by atoms with E-state index in [0.717, 1.165) is 12.8 Å². The standard InChI is InChI=1S/C8H13Si.C5H5.2ClH.Zr/c1-9(2,3)8-6-4-5-7-8;1-2-4-5-3-1;;;/h4,6H,5H2,1-3H3;1-3H,4H2;2*1H;/q2*-1;;;+2. The molecule has 0 nitrogen and oxygen atoms in total. The first kappa shape index (κ1) is 22.8. The van der Waals surface area contributed by atoms with Crippen LogP contribution >= 0.6 is 24.8 Å². The second-order valence-corrected chi connectivity index (χ2v) is 9.49. The van der Waals surface area contributed by atoms with Crippen LogP contribution in [0.25, 0.3) is 0 Å². The summed E-state index contributed by atoms with van der Waals surface area (Å²) in [4.78, 5) is 0. The molecular formula is C13H20Cl2SiZr. The van der Waals surface area contributed by atoms with Crippen LogP contribution in [0.1, 0.15) is 12.8 Å². The Morgan fingerprint density at radius 1 is 1.06 bits per heavy atom. The Balaban J connectivity index is -0.000000216. The van der Waals surface area contributed by atoms with Crippen molar-refractivity contribution in [3.8, 4) is 0 Å². The van der Waals surface area contributed by atoms with Crippen molar-refractivity contribution in [1.82, 2.24) is 0 Å². The van der Waals surface area contributed by atoms with Crippen LogP contribution in [0.3, 0.4) is 0 Å². The van der Waals surface area contributed by atoms with Gasteiger partial charge in [-0.3, -0.25) is 12.2 Å². The molecule has 17 heavy (non-hydrogen) atoms. The molecule has 0 unspecified atom stereocenters. The predicted octanol–water partition coefficient (Wildman–Crippen LogP) is 4.70. The second-order valence-electron chi connectivity index (χ2n) is 4.45. The molecule has 0 aromatic rings. The van der Waals surface area contributed by atoms with Crippen LogP contribution in [-0.4, -0.2) is 8.07 Å². The van der Waals surface area contributed by atoms with E-state index < -0.39 is 8.07 Å². The maximum Gasteiger partial charge on any atom is 2.00 e. The van der Waals surface area contributed by atoms with E-state index in [4.69, 9.17) is 0 Å². The predicted molar refractivity (Wildman–Crippen MR) is 79.9 cm³/mol. The Morgan fingerprint density at radius 3 is 1.88 bits per heavy atom. The molecule has 0 aromatic carbocycles. The van der Waals surface area contributed by atoms with E-state index in [2.05, 4.69) is 50.0 Å². The van der Waals surface area contributed by atoms with Gasteiger partial charge in [-0.15, -0.1) is 37.7 Å². The van der Waals surface area contributed by atoms with Crippen molar-refractivity contribution in [3.63, 3.8) is 0 Å². The molecule has 0 fully saturated rings. The van der Waals surface area contributed by atoms with Crippen LogP contribution in [0, 0.1) is 12.2 Å². The second kappa shape index (κ2) is 11.7. The zero-order chi connectivity index (χ0) is 10.4. The molecule has 0 bridgehead atoms. The van der Waals surface area contributed by atoms with Gasteiger partial charge >= 0.3 is 26.2 Å². The van der Waals surface area contributed by atoms with Crippen LogP contribution in [0.4, 0.5) is 0 Å². The van der Waals surface area contributed by atoms with E-state index in [0.29, 0.717) is 0 Å². The first-order valence-corrected chi connectivity index (χ1v) is 8.60. The molecule has 0 saturated carbocycles. The van der Waals surface area contributed by atoms with Gasteiger partial charge in [-0.2, -0.15) is 12.2 Å². The largest absolute Gasteiger partial charge is 2.00 e. The average Bonchev–Trinajstić information content (AvgIpc) is 2.80. The minimum absolute atomic E-state index is 0. The topological polar surface area (TPSA) is 0 Å². The van der Waals surface area contributed by atoms with Crippen molar-refractivity contribution in [3.05, 3.63) is 47.7 Å². The summed E-state index contributed by atoms with van der Waals surface area (Å²) >= 11 is 0. The van der Waals surface area contributed by atoms with Gasteiger partial charge in [0.15, 0.2) is 0 Å². The van der Waals surface area contributed by atoms with E-state index in [9.17, 15) is 0 Å². The van der Waals surface area contributed by atoms with E-state index in [1.807, 2.05) is 12.2 Å². The van der Waals surface area contributed by atoms with Gasteiger partial charge in [-0.05, 0) is 0 Å². The first-order valence-electron chi connectivity index (χ1n) is 5.10. The number of rotatable bonds is 1. The van der Waals surface area contributed by atoms with Crippen molar-refractivity contribution >= 4 is 32.9 Å². The maximum absolute atomic E-state index is 3.36. The normalized spacial score (nSPS) is 14.9. The Hall–Kier alpha value is 0.640. The monoisotopic (exact) mass is 364 g/mol. The molecule has 0 radical (unpaired) electrons. The molecule has 0 heterocycles. The van der Waals surface area contributed by atoms with Crippen LogP contribution in [0.2, 0.25) is 19.6 Å². The third-order valence-electron chi connectivity index (χ3n) is 2.09. The van der Waals surface area contributed by atoms with Crippen LogP contribution in [0.5, 0.6) is 0 Å². The first-order chi connectivity index (χ1) is 6.61. The summed E-state index contributed by atoms with van der Waals surface area (Å²) in [6, 6.07) is 0. The third-order valence-corrected chi connectivity index (χ3v) is 4.05. The Labute approximate surface area is 138 Å². The van der Waals surface area contributed by atoms with E-state index in [1.54, 1.807) is 0 Å². The number of halogens is 2. The average molecular weight is 367 g/mol. The molecule has 0 aromatic heterocycles. The van der Waals surface area contributed by atoms with Crippen molar-refractivity contribution in [2.24, 2.45) is 0 Å². The summed E-state index contributed by atoms with van der Waals surface area (Å²) in [5.74, 6) is 0. The van der Waals surface area contributed by atoms with Gasteiger partial charge in [0.2, 0.25) is 0 Å². The third kappa shape index (κ3) is 10.3. The van der Waals surface area contributed by atoms with Crippen LogP contribution in [0.15, 0.2) is 35.6 Å². The summed E-state index contributed by atoms with van der Waals surface area (Å²) < 4.78 is 0. The van der Waals surface area contributed by atoms with E-state index in [-0.39, 0.29) is 51.0 Å². The van der Waals surface area contributed by atoms with Gasteiger partial charge in [0, 0.05) is 8.07 Å². The summed E-state index contributed by atoms with van der Waals surface area (Å²) in [6.07, 6.45) is 18.8. The zero-order valence-corrected chi connectivity index (χ0v) is 15.7. The SMILES string of the molecule is C[Si](C)(C)C1=[C-]CC=C1.Cl.Cl.[C-]1=CC=CC1.[Zr+2]. The maximum atomic E-state index is 3.36. The van der Waals surface area contributed by atoms with Crippen molar-refractivity contribution in [2.45, 2.75) is 32.5 Å². The molecule has 0 spiro atoms. The molecule has 2 aliphatic carbocycles. The van der Waals surface area contributed by atoms with Crippen LogP contribution < -0.4 is 0 Å². The fourth-order valence-electron chi connectivity index (χ4n) is 1.26. The molecule has 2 rings (SSSR count). The molecule has 0 aliphatic heterocycles.